The van der Waals surface area contributed by atoms with Gasteiger partial charge >= 0.3 is 12.5 Å². The molecule has 0 saturated heterocycles. The van der Waals surface area contributed by atoms with Gasteiger partial charge in [-0.2, -0.15) is 0 Å². The molecule has 0 aliphatic carbocycles. The van der Waals surface area contributed by atoms with Gasteiger partial charge in [-0.25, -0.2) is 4.79 Å². The van der Waals surface area contributed by atoms with Crippen LogP contribution < -0.4 is 10.1 Å². The van der Waals surface area contributed by atoms with Crippen LogP contribution in [0.25, 0.3) is 11.1 Å². The maximum absolute atomic E-state index is 12.6. The van der Waals surface area contributed by atoms with Gasteiger partial charge in [0, 0.05) is 19.4 Å². The van der Waals surface area contributed by atoms with Gasteiger partial charge in [-0.15, -0.1) is 13.2 Å². The Morgan fingerprint density at radius 3 is 2.35 bits per heavy atom. The van der Waals surface area contributed by atoms with Crippen LogP contribution in [0.2, 0.25) is 0 Å². The lowest BCUT2D eigenvalue weighted by atomic mass is 9.91. The predicted octanol–water partition coefficient (Wildman–Crippen LogP) is 7.18. The Hall–Kier alpha value is -3.33. The fourth-order valence-electron chi connectivity index (χ4n) is 3.57. The number of nitrogens with one attached hydrogen (secondary N) is 1. The topological polar surface area (TPSA) is 80.2 Å². The molecule has 1 amide bonds. The Bertz CT molecular complexity index is 1130. The normalized spacial score (nSPS) is 12.6. The number of halogens is 3. The number of aliphatic hydroxyl groups excluding tert-OH is 1. The molecule has 0 radical (unpaired) electrons. The molecule has 2 rings (SSSR count). The van der Waals surface area contributed by atoms with Crippen molar-refractivity contribution in [3.63, 3.8) is 0 Å². The van der Waals surface area contributed by atoms with Crippen molar-refractivity contribution in [3.05, 3.63) is 58.7 Å². The molecule has 0 aliphatic rings. The monoisotopic (exact) mass is 520 g/mol. The molecule has 0 spiro atoms. The van der Waals surface area contributed by atoms with Crippen LogP contribution in [0.15, 0.2) is 47.0 Å². The van der Waals surface area contributed by atoms with Crippen LogP contribution in [-0.4, -0.2) is 36.0 Å². The lowest BCUT2D eigenvalue weighted by molar-refractivity contribution is -0.274. The molecule has 0 aliphatic heterocycles. The van der Waals surface area contributed by atoms with Gasteiger partial charge in [0.05, 0.1) is 5.69 Å². The molecule has 0 bridgehead atoms. The van der Waals surface area contributed by atoms with Gasteiger partial charge in [-0.1, -0.05) is 24.6 Å². The molecule has 2 N–H and O–H groups in total. The van der Waals surface area contributed by atoms with Gasteiger partial charge in [0.2, 0.25) is 0 Å². The molecule has 6 nitrogen and oxygen atoms in total. The number of rotatable bonds is 9. The van der Waals surface area contributed by atoms with Gasteiger partial charge in [0.25, 0.3) is 0 Å². The molecule has 2 aromatic carbocycles. The number of carbonyl (C=O) groups excluding carboxylic acids is 1. The van der Waals surface area contributed by atoms with Gasteiger partial charge in [-0.3, -0.25) is 4.99 Å². The summed E-state index contributed by atoms with van der Waals surface area (Å²) in [6.45, 7) is 11.2. The van der Waals surface area contributed by atoms with Crippen molar-refractivity contribution in [1.29, 1.82) is 0 Å². The number of allylic oxidation sites excluding steroid dienone is 2. The third-order valence-corrected chi connectivity index (χ3v) is 5.45. The van der Waals surface area contributed by atoms with Crippen molar-refractivity contribution in [1.82, 2.24) is 5.32 Å². The van der Waals surface area contributed by atoms with E-state index in [9.17, 15) is 23.1 Å². The maximum Gasteiger partial charge on any atom is 0.573 e. The van der Waals surface area contributed by atoms with E-state index in [0.29, 0.717) is 23.2 Å². The second-order valence-corrected chi connectivity index (χ2v) is 9.58. The van der Waals surface area contributed by atoms with E-state index >= 15 is 0 Å². The van der Waals surface area contributed by atoms with Gasteiger partial charge < -0.3 is 19.9 Å². The van der Waals surface area contributed by atoms with Crippen molar-refractivity contribution in [3.8, 4) is 16.9 Å². The second-order valence-electron chi connectivity index (χ2n) is 9.58. The first-order valence-corrected chi connectivity index (χ1v) is 12.0. The van der Waals surface area contributed by atoms with Crippen LogP contribution in [-0.2, 0) is 17.7 Å². The van der Waals surface area contributed by atoms with E-state index in [-0.39, 0.29) is 18.9 Å². The van der Waals surface area contributed by atoms with Crippen molar-refractivity contribution in [2.24, 2.45) is 4.99 Å². The van der Waals surface area contributed by atoms with Gasteiger partial charge in [-0.05, 0) is 99.6 Å². The number of aliphatic hydroxyl groups is 1. The number of alkyl halides is 3. The van der Waals surface area contributed by atoms with E-state index in [1.54, 1.807) is 27.0 Å². The minimum absolute atomic E-state index is 0.110. The quantitative estimate of drug-likeness (QED) is 0.343. The van der Waals surface area contributed by atoms with Crippen molar-refractivity contribution < 1.29 is 32.5 Å². The molecule has 0 unspecified atom stereocenters. The van der Waals surface area contributed by atoms with Crippen LogP contribution >= 0.6 is 0 Å². The maximum atomic E-state index is 12.6. The average Bonchev–Trinajstić information content (AvgIpc) is 2.78. The summed E-state index contributed by atoms with van der Waals surface area (Å²) < 4.78 is 47.1. The third kappa shape index (κ3) is 9.57. The molecule has 0 heterocycles. The SMILES string of the molecule is CC/C(C)=C/C=N\c1c(C)c(-c2ccc(OC(F)(F)F)cc2)cc(CNC(=O)OC(C)(C)C)c1CCO. The highest BCUT2D eigenvalue weighted by Crippen LogP contribution is 2.37. The van der Waals surface area contributed by atoms with Gasteiger partial charge in [0.1, 0.15) is 11.4 Å². The first-order valence-electron chi connectivity index (χ1n) is 12.0. The molecule has 0 atom stereocenters. The molecule has 202 valence electrons. The number of ether oxygens (including phenoxy) is 2. The average molecular weight is 521 g/mol. The van der Waals surface area contributed by atoms with Crippen molar-refractivity contribution in [2.75, 3.05) is 6.61 Å². The Labute approximate surface area is 216 Å². The highest BCUT2D eigenvalue weighted by atomic mass is 19.4. The molecule has 37 heavy (non-hydrogen) atoms. The fourth-order valence-corrected chi connectivity index (χ4v) is 3.57. The number of aliphatic imine (C=N–C) groups is 1. The first-order chi connectivity index (χ1) is 17.2. The molecular formula is C28H35F3N2O4. The number of amides is 1. The van der Waals surface area contributed by atoms with E-state index in [0.717, 1.165) is 28.7 Å². The van der Waals surface area contributed by atoms with E-state index in [1.165, 1.54) is 24.3 Å². The van der Waals surface area contributed by atoms with Crippen molar-refractivity contribution in [2.45, 2.75) is 72.9 Å². The number of hydrogen-bond donors (Lipinski definition) is 2. The Morgan fingerprint density at radius 1 is 1.16 bits per heavy atom. The summed E-state index contributed by atoms with van der Waals surface area (Å²) >= 11 is 0. The molecule has 0 saturated carbocycles. The Kier molecular flexibility index (Phi) is 10.3. The smallest absolute Gasteiger partial charge is 0.444 e. The molecule has 0 aromatic heterocycles. The number of hydrogen-bond acceptors (Lipinski definition) is 5. The van der Waals surface area contributed by atoms with Crippen LogP contribution in [0.4, 0.5) is 23.7 Å². The molecule has 9 heteroatoms. The zero-order chi connectivity index (χ0) is 27.8. The third-order valence-electron chi connectivity index (χ3n) is 5.45. The van der Waals surface area contributed by atoms with Crippen LogP contribution in [0.3, 0.4) is 0 Å². The van der Waals surface area contributed by atoms with Crippen LogP contribution in [0.1, 0.15) is 57.7 Å². The standard InChI is InChI=1S/C28H35F3N2O4/c1-7-18(2)12-14-32-25-19(3)24(20-8-10-22(11-9-20)36-28(29,30)31)16-21(23(25)13-15-34)17-33-26(35)37-27(4,5)6/h8-12,14,16,34H,7,13,15,17H2,1-6H3,(H,33,35)/b18-12+,32-14-. The summed E-state index contributed by atoms with van der Waals surface area (Å²) in [5.74, 6) is -0.323. The predicted molar refractivity (Wildman–Crippen MR) is 139 cm³/mol. The van der Waals surface area contributed by atoms with E-state index in [4.69, 9.17) is 4.74 Å². The summed E-state index contributed by atoms with van der Waals surface area (Å²) in [4.78, 5) is 17.0. The molecular weight excluding hydrogens is 485 g/mol. The van der Waals surface area contributed by atoms with E-state index in [1.807, 2.05) is 32.9 Å². The zero-order valence-corrected chi connectivity index (χ0v) is 22.1. The van der Waals surface area contributed by atoms with Crippen LogP contribution in [0, 0.1) is 6.92 Å². The number of nitrogens with zero attached hydrogens (tertiary/aromatic N) is 1. The molecule has 0 fully saturated rings. The number of carbonyl (C=O) groups is 1. The lowest BCUT2D eigenvalue weighted by Crippen LogP contribution is -2.32. The number of benzene rings is 2. The summed E-state index contributed by atoms with van der Waals surface area (Å²) in [6.07, 6.45) is -0.617. The minimum Gasteiger partial charge on any atom is -0.444 e. The summed E-state index contributed by atoms with van der Waals surface area (Å²) in [7, 11) is 0. The fraction of sp³-hybridized carbons (Fsp3) is 0.429. The minimum atomic E-state index is -4.78. The highest BCUT2D eigenvalue weighted by Gasteiger charge is 2.31. The molecule has 2 aromatic rings. The largest absolute Gasteiger partial charge is 0.573 e. The second kappa shape index (κ2) is 12.8. The number of alkyl carbamates (subject to hydrolysis) is 1. The van der Waals surface area contributed by atoms with E-state index in [2.05, 4.69) is 15.0 Å². The van der Waals surface area contributed by atoms with Gasteiger partial charge in [0.15, 0.2) is 0 Å². The Balaban J connectivity index is 2.59. The first kappa shape index (κ1) is 29.9. The van der Waals surface area contributed by atoms with E-state index < -0.39 is 18.1 Å². The summed E-state index contributed by atoms with van der Waals surface area (Å²) in [5, 5.41) is 12.5. The highest BCUT2D eigenvalue weighted by molar-refractivity contribution is 5.82. The summed E-state index contributed by atoms with van der Waals surface area (Å²) in [6, 6.07) is 7.42. The Morgan fingerprint density at radius 2 is 1.81 bits per heavy atom. The van der Waals surface area contributed by atoms with Crippen LogP contribution in [0.5, 0.6) is 5.75 Å². The lowest BCUT2D eigenvalue weighted by Gasteiger charge is -2.21. The zero-order valence-electron chi connectivity index (χ0n) is 22.1. The van der Waals surface area contributed by atoms with Crippen molar-refractivity contribution >= 4 is 18.0 Å². The summed E-state index contributed by atoms with van der Waals surface area (Å²) in [5.41, 5.74) is 4.72.